The molecule has 1 aliphatic carbocycles. The van der Waals surface area contributed by atoms with Crippen molar-refractivity contribution in [2.24, 2.45) is 16.6 Å². The first-order valence-electron chi connectivity index (χ1n) is 9.75. The van der Waals surface area contributed by atoms with Crippen molar-refractivity contribution in [3.63, 3.8) is 0 Å². The van der Waals surface area contributed by atoms with Crippen molar-refractivity contribution in [1.82, 2.24) is 4.90 Å². The Kier molecular flexibility index (Phi) is 4.12. The molecule has 0 unspecified atom stereocenters. The lowest BCUT2D eigenvalue weighted by atomic mass is 9.77. The third-order valence-corrected chi connectivity index (χ3v) is 6.11. The van der Waals surface area contributed by atoms with E-state index in [4.69, 9.17) is 15.5 Å². The number of ether oxygens (including phenoxy) is 1. The van der Waals surface area contributed by atoms with Crippen LogP contribution in [0.1, 0.15) is 35.6 Å². The number of hydrogen-bond acceptors (Lipinski definition) is 4. The van der Waals surface area contributed by atoms with Crippen molar-refractivity contribution in [1.29, 1.82) is 0 Å². The third kappa shape index (κ3) is 3.00. The molecule has 140 valence electrons. The maximum absolute atomic E-state index is 13.5. The Bertz CT molecular complexity index is 860. The Balaban J connectivity index is 1.45. The number of benzene rings is 2. The van der Waals surface area contributed by atoms with Crippen LogP contribution in [0.15, 0.2) is 53.5 Å². The summed E-state index contributed by atoms with van der Waals surface area (Å²) >= 11 is 0. The quantitative estimate of drug-likeness (QED) is 0.889. The Morgan fingerprint density at radius 2 is 1.85 bits per heavy atom. The fraction of sp³-hybridized carbons (Fsp3) is 0.409. The van der Waals surface area contributed by atoms with Crippen LogP contribution in [-0.2, 0) is 11.2 Å². The van der Waals surface area contributed by atoms with Gasteiger partial charge in [-0.3, -0.25) is 0 Å². The van der Waals surface area contributed by atoms with Crippen LogP contribution in [0.5, 0.6) is 0 Å². The Morgan fingerprint density at radius 1 is 1.07 bits per heavy atom. The molecule has 5 rings (SSSR count). The van der Waals surface area contributed by atoms with Gasteiger partial charge in [0.2, 0.25) is 0 Å². The molecule has 1 fully saturated rings. The summed E-state index contributed by atoms with van der Waals surface area (Å²) in [6, 6.07) is 16.3. The van der Waals surface area contributed by atoms with Gasteiger partial charge in [0.1, 0.15) is 11.9 Å². The van der Waals surface area contributed by atoms with Gasteiger partial charge in [-0.05, 0) is 48.1 Å². The van der Waals surface area contributed by atoms with Gasteiger partial charge in [0.15, 0.2) is 0 Å². The van der Waals surface area contributed by atoms with E-state index in [0.717, 1.165) is 37.4 Å². The predicted octanol–water partition coefficient (Wildman–Crippen LogP) is 3.27. The van der Waals surface area contributed by atoms with Crippen molar-refractivity contribution in [3.8, 4) is 0 Å². The van der Waals surface area contributed by atoms with E-state index >= 15 is 0 Å². The molecule has 2 aromatic rings. The van der Waals surface area contributed by atoms with Gasteiger partial charge >= 0.3 is 0 Å². The van der Waals surface area contributed by atoms with Gasteiger partial charge in [0.05, 0.1) is 12.6 Å². The molecule has 27 heavy (non-hydrogen) atoms. The molecule has 2 aliphatic heterocycles. The van der Waals surface area contributed by atoms with Gasteiger partial charge in [-0.1, -0.05) is 36.4 Å². The molecule has 5 heteroatoms. The summed E-state index contributed by atoms with van der Waals surface area (Å²) in [4.78, 5) is 6.98. The van der Waals surface area contributed by atoms with Gasteiger partial charge < -0.3 is 15.4 Å². The summed E-state index contributed by atoms with van der Waals surface area (Å²) < 4.78 is 19.8. The summed E-state index contributed by atoms with van der Waals surface area (Å²) in [5.74, 6) is 0.299. The van der Waals surface area contributed by atoms with Crippen LogP contribution in [-0.4, -0.2) is 36.2 Å². The summed E-state index contributed by atoms with van der Waals surface area (Å²) in [5, 5.41) is 0. The zero-order valence-electron chi connectivity index (χ0n) is 15.2. The number of hydrogen-bond donors (Lipinski definition) is 1. The van der Waals surface area contributed by atoms with Crippen molar-refractivity contribution < 1.29 is 9.13 Å². The van der Waals surface area contributed by atoms with Crippen LogP contribution in [0.25, 0.3) is 0 Å². The minimum absolute atomic E-state index is 0.00306. The van der Waals surface area contributed by atoms with Crippen LogP contribution in [0.3, 0.4) is 0 Å². The Hall–Kier alpha value is -2.40. The highest BCUT2D eigenvalue weighted by Gasteiger charge is 2.40. The maximum atomic E-state index is 13.5. The second-order valence-electron chi connectivity index (χ2n) is 7.87. The molecule has 3 aliphatic rings. The molecule has 0 bridgehead atoms. The summed E-state index contributed by atoms with van der Waals surface area (Å²) in [6.45, 7) is 1.55. The third-order valence-electron chi connectivity index (χ3n) is 6.11. The highest BCUT2D eigenvalue weighted by molar-refractivity contribution is 5.77. The highest BCUT2D eigenvalue weighted by atomic mass is 19.1. The molecule has 2 atom stereocenters. The van der Waals surface area contributed by atoms with Gasteiger partial charge in [-0.15, -0.1) is 0 Å². The van der Waals surface area contributed by atoms with E-state index in [0.29, 0.717) is 18.5 Å². The second kappa shape index (κ2) is 6.64. The van der Waals surface area contributed by atoms with Crippen LogP contribution in [0.2, 0.25) is 0 Å². The van der Waals surface area contributed by atoms with Crippen LogP contribution in [0.4, 0.5) is 4.39 Å². The first-order valence-corrected chi connectivity index (χ1v) is 9.75. The minimum atomic E-state index is -0.217. The standard InChI is InChI=1S/C22H24FN3O/c23-17-7-5-15(6-8-17)21-19-4-2-1-3-14(19)9-10-26(21)22-25-13-20(27-22)16-11-18(24)12-16/h1-8,16,18,20-21H,9-13,24H2/t16?,18?,20-,21-/m0/s1. The van der Waals surface area contributed by atoms with Crippen LogP contribution < -0.4 is 5.73 Å². The number of aliphatic imine (C=N–C) groups is 1. The largest absolute Gasteiger partial charge is 0.460 e. The van der Waals surface area contributed by atoms with Crippen LogP contribution >= 0.6 is 0 Å². The lowest BCUT2D eigenvalue weighted by Crippen LogP contribution is -2.45. The molecule has 4 nitrogen and oxygen atoms in total. The van der Waals surface area contributed by atoms with E-state index in [1.807, 2.05) is 12.1 Å². The average molecular weight is 365 g/mol. The fourth-order valence-corrected chi connectivity index (χ4v) is 4.57. The van der Waals surface area contributed by atoms with E-state index in [9.17, 15) is 4.39 Å². The molecule has 2 N–H and O–H groups in total. The second-order valence-corrected chi connectivity index (χ2v) is 7.87. The molecule has 0 radical (unpaired) electrons. The number of rotatable bonds is 2. The van der Waals surface area contributed by atoms with Crippen molar-refractivity contribution in [2.75, 3.05) is 13.1 Å². The molecule has 2 heterocycles. The van der Waals surface area contributed by atoms with Gasteiger partial charge in [-0.2, -0.15) is 0 Å². The Morgan fingerprint density at radius 3 is 2.63 bits per heavy atom. The first-order chi connectivity index (χ1) is 13.2. The normalized spacial score (nSPS) is 29.6. The van der Waals surface area contributed by atoms with Gasteiger partial charge in [0, 0.05) is 18.5 Å². The summed E-state index contributed by atoms with van der Waals surface area (Å²) in [5.41, 5.74) is 9.58. The first kappa shape index (κ1) is 16.8. The van der Waals surface area contributed by atoms with Crippen LogP contribution in [0, 0.1) is 11.7 Å². The molecule has 0 saturated heterocycles. The highest BCUT2D eigenvalue weighted by Crippen LogP contribution is 2.38. The fourth-order valence-electron chi connectivity index (χ4n) is 4.57. The monoisotopic (exact) mass is 365 g/mol. The van der Waals surface area contributed by atoms with E-state index in [2.05, 4.69) is 29.2 Å². The minimum Gasteiger partial charge on any atom is -0.460 e. The van der Waals surface area contributed by atoms with Gasteiger partial charge in [0.25, 0.3) is 6.02 Å². The SMILES string of the molecule is NC1CC([C@@H]2CN=C(N3CCc4ccccc4[C@@H]3c3ccc(F)cc3)O2)C1. The smallest absolute Gasteiger partial charge is 0.288 e. The van der Waals surface area contributed by atoms with E-state index in [1.54, 1.807) is 0 Å². The number of nitrogens with two attached hydrogens (primary N) is 1. The number of amidine groups is 1. The lowest BCUT2D eigenvalue weighted by molar-refractivity contribution is 0.0668. The number of fused-ring (bicyclic) bond motifs is 1. The number of halogens is 1. The number of nitrogens with zero attached hydrogens (tertiary/aromatic N) is 2. The Labute approximate surface area is 158 Å². The average Bonchev–Trinajstić information content (AvgIpc) is 3.15. The molecule has 0 amide bonds. The molecule has 2 aromatic carbocycles. The summed E-state index contributed by atoms with van der Waals surface area (Å²) in [6.07, 6.45) is 3.15. The molecular weight excluding hydrogens is 341 g/mol. The molecular formula is C22H24FN3O. The van der Waals surface area contributed by atoms with E-state index in [1.165, 1.54) is 23.3 Å². The molecule has 0 aromatic heterocycles. The van der Waals surface area contributed by atoms with Crippen molar-refractivity contribution in [2.45, 2.75) is 37.5 Å². The maximum Gasteiger partial charge on any atom is 0.288 e. The van der Waals surface area contributed by atoms with Crippen molar-refractivity contribution in [3.05, 3.63) is 71.0 Å². The molecule has 0 spiro atoms. The zero-order chi connectivity index (χ0) is 18.4. The summed E-state index contributed by atoms with van der Waals surface area (Å²) in [7, 11) is 0. The lowest BCUT2D eigenvalue weighted by Gasteiger charge is -2.40. The van der Waals surface area contributed by atoms with Gasteiger partial charge in [-0.25, -0.2) is 9.38 Å². The topological polar surface area (TPSA) is 50.8 Å². The van der Waals surface area contributed by atoms with E-state index < -0.39 is 0 Å². The molecule has 1 saturated carbocycles. The zero-order valence-corrected chi connectivity index (χ0v) is 15.2. The van der Waals surface area contributed by atoms with Crippen molar-refractivity contribution >= 4 is 6.02 Å². The predicted molar refractivity (Wildman–Crippen MR) is 103 cm³/mol. The van der Waals surface area contributed by atoms with E-state index in [-0.39, 0.29) is 18.0 Å².